The van der Waals surface area contributed by atoms with Gasteiger partial charge < -0.3 is 4.90 Å². The van der Waals surface area contributed by atoms with Crippen LogP contribution in [-0.4, -0.2) is 37.4 Å². The van der Waals surface area contributed by atoms with Gasteiger partial charge in [0, 0.05) is 18.1 Å². The fourth-order valence-electron chi connectivity index (χ4n) is 2.41. The van der Waals surface area contributed by atoms with Gasteiger partial charge in [0.25, 0.3) is 10.0 Å². The summed E-state index contributed by atoms with van der Waals surface area (Å²) >= 11 is 5.72. The number of sulfonamides is 1. The number of nitrogens with zero attached hydrogens (tertiary/aromatic N) is 3. The lowest BCUT2D eigenvalue weighted by atomic mass is 10.2. The summed E-state index contributed by atoms with van der Waals surface area (Å²) in [5.74, 6) is 0. The highest BCUT2D eigenvalue weighted by Gasteiger charge is 2.16. The van der Waals surface area contributed by atoms with Crippen LogP contribution in [0.25, 0.3) is 10.9 Å². The number of hydrogen-bond donors (Lipinski definition) is 1. The van der Waals surface area contributed by atoms with E-state index in [0.29, 0.717) is 17.7 Å². The van der Waals surface area contributed by atoms with Gasteiger partial charge in [0.15, 0.2) is 0 Å². The van der Waals surface area contributed by atoms with E-state index in [1.165, 1.54) is 18.3 Å². The van der Waals surface area contributed by atoms with Crippen molar-refractivity contribution in [1.29, 1.82) is 0 Å². The zero-order valence-electron chi connectivity index (χ0n) is 13.8. The van der Waals surface area contributed by atoms with Crippen molar-refractivity contribution in [2.45, 2.75) is 11.4 Å². The number of nitrogens with one attached hydrogen (secondary N) is 1. The number of aromatic nitrogens is 2. The molecule has 0 unspecified atom stereocenters. The number of pyridine rings is 2. The van der Waals surface area contributed by atoms with Crippen LogP contribution in [0.2, 0.25) is 5.15 Å². The highest BCUT2D eigenvalue weighted by molar-refractivity contribution is 7.92. The van der Waals surface area contributed by atoms with E-state index in [-0.39, 0.29) is 10.0 Å². The maximum atomic E-state index is 12.6. The van der Waals surface area contributed by atoms with Crippen LogP contribution in [-0.2, 0) is 16.6 Å². The Bertz CT molecular complexity index is 1000. The predicted molar refractivity (Wildman–Crippen MR) is 99.2 cm³/mol. The van der Waals surface area contributed by atoms with Crippen molar-refractivity contribution >= 4 is 38.2 Å². The summed E-state index contributed by atoms with van der Waals surface area (Å²) in [5, 5.41) is 1.09. The van der Waals surface area contributed by atoms with Crippen LogP contribution in [0.1, 0.15) is 5.69 Å². The summed E-state index contributed by atoms with van der Waals surface area (Å²) in [4.78, 5) is 10.5. The number of rotatable bonds is 5. The molecule has 0 radical (unpaired) electrons. The number of para-hydroxylation sites is 1. The fourth-order valence-corrected chi connectivity index (χ4v) is 3.53. The minimum atomic E-state index is -3.78. The molecule has 0 fully saturated rings. The van der Waals surface area contributed by atoms with E-state index in [4.69, 9.17) is 11.6 Å². The molecular weight excluding hydrogens is 360 g/mol. The van der Waals surface area contributed by atoms with Gasteiger partial charge in [-0.15, -0.1) is 0 Å². The van der Waals surface area contributed by atoms with E-state index in [2.05, 4.69) is 14.7 Å². The molecule has 6 nitrogen and oxygen atoms in total. The van der Waals surface area contributed by atoms with E-state index < -0.39 is 10.0 Å². The van der Waals surface area contributed by atoms with Gasteiger partial charge in [0.05, 0.1) is 16.9 Å². The van der Waals surface area contributed by atoms with Crippen molar-refractivity contribution in [1.82, 2.24) is 14.9 Å². The maximum Gasteiger partial charge on any atom is 0.263 e. The molecule has 25 heavy (non-hydrogen) atoms. The summed E-state index contributed by atoms with van der Waals surface area (Å²) < 4.78 is 27.8. The maximum absolute atomic E-state index is 12.6. The number of anilines is 1. The van der Waals surface area contributed by atoms with Gasteiger partial charge in [0.2, 0.25) is 0 Å². The molecule has 1 aromatic carbocycles. The van der Waals surface area contributed by atoms with Crippen molar-refractivity contribution in [3.8, 4) is 0 Å². The van der Waals surface area contributed by atoms with Gasteiger partial charge in [-0.1, -0.05) is 29.8 Å². The Hall–Kier alpha value is -2.22. The largest absolute Gasteiger partial charge is 0.304 e. The number of benzene rings is 1. The molecule has 2 aromatic heterocycles. The molecular formula is C17H17ClN4O2S. The highest BCUT2D eigenvalue weighted by atomic mass is 35.5. The Morgan fingerprint density at radius 2 is 1.92 bits per heavy atom. The normalized spacial score (nSPS) is 11.8. The first-order valence-corrected chi connectivity index (χ1v) is 9.39. The van der Waals surface area contributed by atoms with Crippen LogP contribution < -0.4 is 4.72 Å². The van der Waals surface area contributed by atoms with Gasteiger partial charge in [0.1, 0.15) is 10.0 Å². The Morgan fingerprint density at radius 1 is 1.12 bits per heavy atom. The van der Waals surface area contributed by atoms with Gasteiger partial charge in [-0.2, -0.15) is 0 Å². The molecule has 130 valence electrons. The standard InChI is InChI=1S/C17H17ClN4O2S/c1-22(2)11-13-7-6-12-4-3-5-15(17(12)20-13)21-25(23,24)14-8-9-16(18)19-10-14/h3-10,21H,11H2,1-2H3. The van der Waals surface area contributed by atoms with Crippen LogP contribution in [0.3, 0.4) is 0 Å². The van der Waals surface area contributed by atoms with Gasteiger partial charge in [-0.3, -0.25) is 4.72 Å². The minimum absolute atomic E-state index is 0.0401. The lowest BCUT2D eigenvalue weighted by molar-refractivity contribution is 0.397. The second-order valence-corrected chi connectivity index (χ2v) is 7.91. The molecule has 0 saturated carbocycles. The molecule has 0 aliphatic carbocycles. The molecule has 0 saturated heterocycles. The summed E-state index contributed by atoms with van der Waals surface area (Å²) in [6.45, 7) is 0.665. The van der Waals surface area contributed by atoms with E-state index in [1.54, 1.807) is 12.1 Å². The smallest absolute Gasteiger partial charge is 0.263 e. The van der Waals surface area contributed by atoms with Crippen molar-refractivity contribution in [3.63, 3.8) is 0 Å². The minimum Gasteiger partial charge on any atom is -0.304 e. The van der Waals surface area contributed by atoms with Crippen LogP contribution in [0.5, 0.6) is 0 Å². The van der Waals surface area contributed by atoms with E-state index in [1.807, 2.05) is 37.2 Å². The third-order valence-corrected chi connectivity index (χ3v) is 5.09. The highest BCUT2D eigenvalue weighted by Crippen LogP contribution is 2.25. The van der Waals surface area contributed by atoms with Gasteiger partial charge in [-0.05, 0) is 38.4 Å². The molecule has 1 N–H and O–H groups in total. The lowest BCUT2D eigenvalue weighted by Crippen LogP contribution is -2.14. The molecule has 0 spiro atoms. The summed E-state index contributed by atoms with van der Waals surface area (Å²) in [6, 6.07) is 12.1. The molecule has 2 heterocycles. The summed E-state index contributed by atoms with van der Waals surface area (Å²) in [5.41, 5.74) is 1.89. The van der Waals surface area contributed by atoms with Crippen LogP contribution >= 0.6 is 11.6 Å². The summed E-state index contributed by atoms with van der Waals surface area (Å²) in [7, 11) is 0.126. The molecule has 3 rings (SSSR count). The summed E-state index contributed by atoms with van der Waals surface area (Å²) in [6.07, 6.45) is 1.22. The zero-order chi connectivity index (χ0) is 18.0. The third-order valence-electron chi connectivity index (χ3n) is 3.51. The van der Waals surface area contributed by atoms with Gasteiger partial charge in [-0.25, -0.2) is 18.4 Å². The van der Waals surface area contributed by atoms with Crippen LogP contribution in [0, 0.1) is 0 Å². The quantitative estimate of drug-likeness (QED) is 0.692. The number of hydrogen-bond acceptors (Lipinski definition) is 5. The Morgan fingerprint density at radius 3 is 2.60 bits per heavy atom. The average molecular weight is 377 g/mol. The monoisotopic (exact) mass is 376 g/mol. The first kappa shape index (κ1) is 17.6. The topological polar surface area (TPSA) is 75.2 Å². The van der Waals surface area contributed by atoms with E-state index >= 15 is 0 Å². The second kappa shape index (κ2) is 6.95. The average Bonchev–Trinajstić information content (AvgIpc) is 2.55. The Balaban J connectivity index is 2.01. The lowest BCUT2D eigenvalue weighted by Gasteiger charge is -2.13. The predicted octanol–water partition coefficient (Wildman–Crippen LogP) is 3.15. The number of halogens is 1. The molecule has 0 atom stereocenters. The molecule has 0 bridgehead atoms. The van der Waals surface area contributed by atoms with Crippen molar-refractivity contribution < 1.29 is 8.42 Å². The van der Waals surface area contributed by atoms with Gasteiger partial charge >= 0.3 is 0 Å². The molecule has 0 aliphatic heterocycles. The number of fused-ring (bicyclic) bond motifs is 1. The SMILES string of the molecule is CN(C)Cc1ccc2cccc(NS(=O)(=O)c3ccc(Cl)nc3)c2n1. The van der Waals surface area contributed by atoms with Crippen molar-refractivity contribution in [2.75, 3.05) is 18.8 Å². The molecule has 0 amide bonds. The molecule has 8 heteroatoms. The Kier molecular flexibility index (Phi) is 4.89. The van der Waals surface area contributed by atoms with E-state index in [9.17, 15) is 8.42 Å². The molecule has 3 aromatic rings. The fraction of sp³-hybridized carbons (Fsp3) is 0.176. The first-order chi connectivity index (χ1) is 11.8. The van der Waals surface area contributed by atoms with Crippen molar-refractivity contribution in [2.24, 2.45) is 0 Å². The molecule has 0 aliphatic rings. The zero-order valence-corrected chi connectivity index (χ0v) is 15.3. The van der Waals surface area contributed by atoms with Crippen molar-refractivity contribution in [3.05, 3.63) is 59.5 Å². The first-order valence-electron chi connectivity index (χ1n) is 7.53. The second-order valence-electron chi connectivity index (χ2n) is 5.84. The van der Waals surface area contributed by atoms with Crippen LogP contribution in [0.4, 0.5) is 5.69 Å². The Labute approximate surface area is 151 Å². The van der Waals surface area contributed by atoms with Crippen LogP contribution in [0.15, 0.2) is 53.6 Å². The van der Waals surface area contributed by atoms with E-state index in [0.717, 1.165) is 11.1 Å². The third kappa shape index (κ3) is 4.07.